The lowest BCUT2D eigenvalue weighted by atomic mass is 10.2. The van der Waals surface area contributed by atoms with Crippen LogP contribution in [0.15, 0.2) is 58.4 Å². The number of carbonyl (C=O) groups is 2. The highest BCUT2D eigenvalue weighted by Gasteiger charge is 2.30. The number of benzene rings is 2. The van der Waals surface area contributed by atoms with Crippen LogP contribution in [0.4, 0.5) is 10.1 Å². The predicted octanol–water partition coefficient (Wildman–Crippen LogP) is 2.92. The fourth-order valence-electron chi connectivity index (χ4n) is 2.30. The summed E-state index contributed by atoms with van der Waals surface area (Å²) in [6.07, 6.45) is 1.69. The molecule has 1 aliphatic rings. The summed E-state index contributed by atoms with van der Waals surface area (Å²) in [5.74, 6) is -0.801. The molecular weight excluding hydrogens is 369 g/mol. The van der Waals surface area contributed by atoms with Crippen molar-refractivity contribution in [2.75, 3.05) is 13.7 Å². The third kappa shape index (κ3) is 4.53. The molecule has 6 nitrogen and oxygen atoms in total. The van der Waals surface area contributed by atoms with E-state index in [1.165, 1.54) is 11.0 Å². The Kier molecular flexibility index (Phi) is 5.56. The summed E-state index contributed by atoms with van der Waals surface area (Å²) in [4.78, 5) is 29.3. The Hall–Kier alpha value is -3.13. The Morgan fingerprint density at radius 3 is 2.81 bits per heavy atom. The fourth-order valence-corrected chi connectivity index (χ4v) is 3.28. The van der Waals surface area contributed by atoms with Gasteiger partial charge in [0.05, 0.1) is 4.91 Å². The monoisotopic (exact) mass is 385 g/mol. The minimum atomic E-state index is -0.573. The second kappa shape index (κ2) is 8.05. The van der Waals surface area contributed by atoms with Crippen molar-refractivity contribution >= 4 is 40.5 Å². The standard InChI is InChI=1S/C19H16FN3O3S/c1-23-18(25)16(27-19(23)22-15-8-3-2-7-14(15)20)10-12-5-4-6-13(9-12)26-11-17(21)24/h2-10H,11H2,1H3,(H2,21,24)/b16-10+,22-19?. The third-order valence-electron chi connectivity index (χ3n) is 3.61. The van der Waals surface area contributed by atoms with Crippen LogP contribution in [0.1, 0.15) is 5.56 Å². The van der Waals surface area contributed by atoms with Crippen molar-refractivity contribution < 1.29 is 18.7 Å². The van der Waals surface area contributed by atoms with Crippen LogP contribution < -0.4 is 10.5 Å². The number of amides is 2. The quantitative estimate of drug-likeness (QED) is 0.802. The highest BCUT2D eigenvalue weighted by Crippen LogP contribution is 2.33. The molecule has 1 saturated heterocycles. The van der Waals surface area contributed by atoms with Crippen LogP contribution in [-0.4, -0.2) is 35.5 Å². The molecule has 2 amide bonds. The van der Waals surface area contributed by atoms with Gasteiger partial charge in [-0.05, 0) is 47.7 Å². The van der Waals surface area contributed by atoms with Gasteiger partial charge in [-0.15, -0.1) is 0 Å². The van der Waals surface area contributed by atoms with E-state index in [2.05, 4.69) is 4.99 Å². The molecule has 1 fully saturated rings. The van der Waals surface area contributed by atoms with Crippen LogP contribution in [0.25, 0.3) is 6.08 Å². The maximum atomic E-state index is 13.8. The van der Waals surface area contributed by atoms with Gasteiger partial charge in [0.2, 0.25) is 0 Å². The lowest BCUT2D eigenvalue weighted by Gasteiger charge is -2.07. The van der Waals surface area contributed by atoms with Crippen molar-refractivity contribution in [3.63, 3.8) is 0 Å². The number of hydrogen-bond acceptors (Lipinski definition) is 5. The first kappa shape index (κ1) is 18.7. The molecule has 1 aliphatic heterocycles. The van der Waals surface area contributed by atoms with Crippen molar-refractivity contribution in [3.8, 4) is 5.75 Å². The van der Waals surface area contributed by atoms with Gasteiger partial charge in [-0.1, -0.05) is 24.3 Å². The number of aliphatic imine (C=N–C) groups is 1. The van der Waals surface area contributed by atoms with Gasteiger partial charge in [-0.3, -0.25) is 14.5 Å². The van der Waals surface area contributed by atoms with Crippen LogP contribution in [-0.2, 0) is 9.59 Å². The number of ether oxygens (including phenoxy) is 1. The molecule has 0 unspecified atom stereocenters. The number of halogens is 1. The van der Waals surface area contributed by atoms with Crippen molar-refractivity contribution in [2.45, 2.75) is 0 Å². The minimum absolute atomic E-state index is 0.169. The molecule has 0 saturated carbocycles. The zero-order valence-corrected chi connectivity index (χ0v) is 15.2. The van der Waals surface area contributed by atoms with Crippen molar-refractivity contribution in [1.82, 2.24) is 4.90 Å². The smallest absolute Gasteiger partial charge is 0.266 e. The van der Waals surface area contributed by atoms with E-state index in [4.69, 9.17) is 10.5 Å². The van der Waals surface area contributed by atoms with Gasteiger partial charge in [0, 0.05) is 7.05 Å². The first-order valence-corrected chi connectivity index (χ1v) is 8.77. The van der Waals surface area contributed by atoms with Gasteiger partial charge in [0.15, 0.2) is 11.8 Å². The van der Waals surface area contributed by atoms with E-state index in [9.17, 15) is 14.0 Å². The van der Waals surface area contributed by atoms with Crippen LogP contribution in [0.3, 0.4) is 0 Å². The number of thioether (sulfide) groups is 1. The second-order valence-corrected chi connectivity index (χ2v) is 6.66. The van der Waals surface area contributed by atoms with Gasteiger partial charge in [0.1, 0.15) is 17.3 Å². The van der Waals surface area contributed by atoms with E-state index < -0.39 is 11.7 Å². The van der Waals surface area contributed by atoms with Crippen molar-refractivity contribution in [3.05, 3.63) is 64.8 Å². The van der Waals surface area contributed by atoms with Gasteiger partial charge in [-0.2, -0.15) is 0 Å². The Bertz CT molecular complexity index is 959. The summed E-state index contributed by atoms with van der Waals surface area (Å²) in [5.41, 5.74) is 5.95. The third-order valence-corrected chi connectivity index (χ3v) is 4.67. The van der Waals surface area contributed by atoms with E-state index >= 15 is 0 Å². The summed E-state index contributed by atoms with van der Waals surface area (Å²) in [5, 5.41) is 0.387. The highest BCUT2D eigenvalue weighted by molar-refractivity contribution is 8.18. The zero-order chi connectivity index (χ0) is 19.4. The number of rotatable bonds is 5. The van der Waals surface area contributed by atoms with Crippen LogP contribution in [0.2, 0.25) is 0 Å². The number of nitrogens with two attached hydrogens (primary N) is 1. The summed E-state index contributed by atoms with van der Waals surface area (Å²) >= 11 is 1.16. The Morgan fingerprint density at radius 1 is 1.30 bits per heavy atom. The Labute approximate surface area is 159 Å². The number of nitrogens with zero attached hydrogens (tertiary/aromatic N) is 2. The van der Waals surface area contributed by atoms with E-state index in [1.54, 1.807) is 55.6 Å². The lowest BCUT2D eigenvalue weighted by Crippen LogP contribution is -2.23. The first-order valence-electron chi connectivity index (χ1n) is 7.96. The van der Waals surface area contributed by atoms with Crippen molar-refractivity contribution in [2.24, 2.45) is 10.7 Å². The maximum absolute atomic E-state index is 13.8. The first-order chi connectivity index (χ1) is 12.9. The SMILES string of the molecule is CN1C(=O)/C(=C\c2cccc(OCC(N)=O)c2)SC1=Nc1ccccc1F. The molecule has 0 radical (unpaired) electrons. The summed E-state index contributed by atoms with van der Waals surface area (Å²) in [6, 6.07) is 13.0. The number of hydrogen-bond donors (Lipinski definition) is 1. The number of para-hydroxylation sites is 1. The highest BCUT2D eigenvalue weighted by atomic mass is 32.2. The Balaban J connectivity index is 1.83. The summed E-state index contributed by atoms with van der Waals surface area (Å²) in [6.45, 7) is -0.226. The van der Waals surface area contributed by atoms with E-state index in [0.717, 1.165) is 11.8 Å². The van der Waals surface area contributed by atoms with E-state index in [1.807, 2.05) is 0 Å². The number of carbonyl (C=O) groups excluding carboxylic acids is 2. The summed E-state index contributed by atoms with van der Waals surface area (Å²) in [7, 11) is 1.59. The molecule has 2 aromatic rings. The molecule has 0 aliphatic carbocycles. The van der Waals surface area contributed by atoms with Crippen LogP contribution >= 0.6 is 11.8 Å². The maximum Gasteiger partial charge on any atom is 0.266 e. The number of primary amides is 1. The summed E-state index contributed by atoms with van der Waals surface area (Å²) < 4.78 is 19.1. The van der Waals surface area contributed by atoms with E-state index in [-0.39, 0.29) is 18.2 Å². The normalized spacial score (nSPS) is 17.0. The van der Waals surface area contributed by atoms with Gasteiger partial charge >= 0.3 is 0 Å². The number of amidine groups is 1. The molecule has 0 aromatic heterocycles. The Morgan fingerprint density at radius 2 is 2.07 bits per heavy atom. The van der Waals surface area contributed by atoms with Crippen LogP contribution in [0.5, 0.6) is 5.75 Å². The molecule has 138 valence electrons. The fraction of sp³-hybridized carbons (Fsp3) is 0.105. The van der Waals surface area contributed by atoms with E-state index in [0.29, 0.717) is 21.4 Å². The van der Waals surface area contributed by atoms with Gasteiger partial charge < -0.3 is 10.5 Å². The van der Waals surface area contributed by atoms with Crippen LogP contribution in [0, 0.1) is 5.82 Å². The molecule has 0 bridgehead atoms. The molecule has 0 spiro atoms. The number of likely N-dealkylation sites (N-methyl/N-ethyl adjacent to an activating group) is 1. The zero-order valence-electron chi connectivity index (χ0n) is 14.4. The van der Waals surface area contributed by atoms with Gasteiger partial charge in [0.25, 0.3) is 11.8 Å². The average Bonchev–Trinajstić information content (AvgIpc) is 2.90. The minimum Gasteiger partial charge on any atom is -0.484 e. The van der Waals surface area contributed by atoms with Crippen molar-refractivity contribution in [1.29, 1.82) is 0 Å². The molecule has 3 rings (SSSR count). The predicted molar refractivity (Wildman–Crippen MR) is 103 cm³/mol. The average molecular weight is 385 g/mol. The molecule has 27 heavy (non-hydrogen) atoms. The van der Waals surface area contributed by atoms with Gasteiger partial charge in [-0.25, -0.2) is 9.38 Å². The molecule has 2 aromatic carbocycles. The lowest BCUT2D eigenvalue weighted by molar-refractivity contribution is -0.121. The topological polar surface area (TPSA) is 85.0 Å². The molecule has 2 N–H and O–H groups in total. The molecule has 0 atom stereocenters. The largest absolute Gasteiger partial charge is 0.484 e. The molecule has 1 heterocycles. The molecule has 8 heteroatoms. The second-order valence-electron chi connectivity index (χ2n) is 5.65. The molecular formula is C19H16FN3O3S.